The summed E-state index contributed by atoms with van der Waals surface area (Å²) in [7, 11) is 0. The minimum atomic E-state index is -0.223. The van der Waals surface area contributed by atoms with Gasteiger partial charge in [0.1, 0.15) is 0 Å². The molecule has 5 nitrogen and oxygen atoms in total. The maximum absolute atomic E-state index is 11.8. The molecule has 1 fully saturated rings. The standard InChI is InChI=1S/C16H23N3O2/c1-16(7-9-17-10-8-16)12-19-14(20)11-18-15(21)13-5-3-2-4-6-13/h2-6,17H,7-12H2,1H3,(H,18,21)(H,19,20). The van der Waals surface area contributed by atoms with E-state index in [0.29, 0.717) is 12.1 Å². The Morgan fingerprint density at radius 1 is 1.14 bits per heavy atom. The molecule has 114 valence electrons. The van der Waals surface area contributed by atoms with Crippen molar-refractivity contribution < 1.29 is 9.59 Å². The maximum atomic E-state index is 11.8. The van der Waals surface area contributed by atoms with Crippen LogP contribution < -0.4 is 16.0 Å². The maximum Gasteiger partial charge on any atom is 0.251 e. The average molecular weight is 289 g/mol. The van der Waals surface area contributed by atoms with E-state index in [9.17, 15) is 9.59 Å². The Hall–Kier alpha value is -1.88. The van der Waals surface area contributed by atoms with Crippen LogP contribution in [-0.4, -0.2) is 38.0 Å². The van der Waals surface area contributed by atoms with E-state index < -0.39 is 0 Å². The number of carbonyl (C=O) groups is 2. The van der Waals surface area contributed by atoms with Gasteiger partial charge in [-0.05, 0) is 43.5 Å². The highest BCUT2D eigenvalue weighted by molar-refractivity contribution is 5.96. The molecule has 1 saturated heterocycles. The number of carbonyl (C=O) groups excluding carboxylic acids is 2. The van der Waals surface area contributed by atoms with Gasteiger partial charge in [-0.1, -0.05) is 25.1 Å². The van der Waals surface area contributed by atoms with Crippen LogP contribution in [0.2, 0.25) is 0 Å². The van der Waals surface area contributed by atoms with Crippen molar-refractivity contribution in [2.24, 2.45) is 5.41 Å². The molecule has 1 aliphatic rings. The summed E-state index contributed by atoms with van der Waals surface area (Å²) in [5.41, 5.74) is 0.722. The van der Waals surface area contributed by atoms with Crippen LogP contribution in [0.3, 0.4) is 0 Å². The number of piperidine rings is 1. The number of amides is 2. The summed E-state index contributed by atoms with van der Waals surface area (Å²) < 4.78 is 0. The Labute approximate surface area is 125 Å². The van der Waals surface area contributed by atoms with Crippen molar-refractivity contribution in [2.75, 3.05) is 26.2 Å². The molecule has 0 radical (unpaired) electrons. The fourth-order valence-corrected chi connectivity index (χ4v) is 2.43. The van der Waals surface area contributed by atoms with Crippen LogP contribution in [0.4, 0.5) is 0 Å². The van der Waals surface area contributed by atoms with Gasteiger partial charge in [0.2, 0.25) is 5.91 Å². The van der Waals surface area contributed by atoms with Crippen molar-refractivity contribution >= 4 is 11.8 Å². The van der Waals surface area contributed by atoms with Gasteiger partial charge < -0.3 is 16.0 Å². The summed E-state index contributed by atoms with van der Waals surface area (Å²) in [6, 6.07) is 8.90. The van der Waals surface area contributed by atoms with Gasteiger partial charge in [0.05, 0.1) is 6.54 Å². The molecule has 3 N–H and O–H groups in total. The van der Waals surface area contributed by atoms with Crippen molar-refractivity contribution in [1.29, 1.82) is 0 Å². The minimum Gasteiger partial charge on any atom is -0.354 e. The van der Waals surface area contributed by atoms with E-state index >= 15 is 0 Å². The molecule has 5 heteroatoms. The summed E-state index contributed by atoms with van der Waals surface area (Å²) in [4.78, 5) is 23.6. The largest absolute Gasteiger partial charge is 0.354 e. The van der Waals surface area contributed by atoms with E-state index in [4.69, 9.17) is 0 Å². The lowest BCUT2D eigenvalue weighted by Crippen LogP contribution is -2.45. The first kappa shape index (κ1) is 15.5. The van der Waals surface area contributed by atoms with Gasteiger partial charge in [-0.3, -0.25) is 9.59 Å². The Morgan fingerprint density at radius 3 is 2.48 bits per heavy atom. The zero-order chi connectivity index (χ0) is 15.1. The number of hydrogen-bond donors (Lipinski definition) is 3. The Bertz CT molecular complexity index is 482. The lowest BCUT2D eigenvalue weighted by Gasteiger charge is -2.34. The highest BCUT2D eigenvalue weighted by Gasteiger charge is 2.26. The Morgan fingerprint density at radius 2 is 1.81 bits per heavy atom. The summed E-state index contributed by atoms with van der Waals surface area (Å²) in [5.74, 6) is -0.363. The van der Waals surface area contributed by atoms with Crippen LogP contribution in [0.1, 0.15) is 30.1 Å². The second kappa shape index (κ2) is 7.22. The minimum absolute atomic E-state index is 0.0159. The zero-order valence-electron chi connectivity index (χ0n) is 12.4. The van der Waals surface area contributed by atoms with Gasteiger partial charge in [0.25, 0.3) is 5.91 Å². The van der Waals surface area contributed by atoms with Gasteiger partial charge in [0, 0.05) is 12.1 Å². The predicted molar refractivity (Wildman–Crippen MR) is 82.0 cm³/mol. The van der Waals surface area contributed by atoms with E-state index in [2.05, 4.69) is 22.9 Å². The Kier molecular flexibility index (Phi) is 5.33. The van der Waals surface area contributed by atoms with Gasteiger partial charge in [0.15, 0.2) is 0 Å². The van der Waals surface area contributed by atoms with E-state index in [1.807, 2.05) is 6.07 Å². The molecule has 0 bridgehead atoms. The predicted octanol–water partition coefficient (Wildman–Crippen LogP) is 0.922. The van der Waals surface area contributed by atoms with Crippen molar-refractivity contribution in [2.45, 2.75) is 19.8 Å². The summed E-state index contributed by atoms with van der Waals surface area (Å²) in [6.07, 6.45) is 2.12. The van der Waals surface area contributed by atoms with E-state index in [1.54, 1.807) is 24.3 Å². The first-order valence-corrected chi connectivity index (χ1v) is 7.40. The number of rotatable bonds is 5. The van der Waals surface area contributed by atoms with Crippen molar-refractivity contribution in [3.63, 3.8) is 0 Å². The number of benzene rings is 1. The van der Waals surface area contributed by atoms with E-state index in [1.165, 1.54) is 0 Å². The van der Waals surface area contributed by atoms with Gasteiger partial charge >= 0.3 is 0 Å². The number of hydrogen-bond acceptors (Lipinski definition) is 3. The van der Waals surface area contributed by atoms with Crippen molar-refractivity contribution in [1.82, 2.24) is 16.0 Å². The molecule has 0 unspecified atom stereocenters. The van der Waals surface area contributed by atoms with Crippen LogP contribution in [-0.2, 0) is 4.79 Å². The van der Waals surface area contributed by atoms with Gasteiger partial charge in [-0.25, -0.2) is 0 Å². The average Bonchev–Trinajstić information content (AvgIpc) is 2.52. The second-order valence-corrected chi connectivity index (χ2v) is 5.89. The molecule has 1 heterocycles. The fraction of sp³-hybridized carbons (Fsp3) is 0.500. The Balaban J connectivity index is 1.71. The smallest absolute Gasteiger partial charge is 0.251 e. The first-order chi connectivity index (χ1) is 10.1. The third-order valence-corrected chi connectivity index (χ3v) is 3.97. The van der Waals surface area contributed by atoms with Crippen molar-refractivity contribution in [3.8, 4) is 0 Å². The van der Waals surface area contributed by atoms with Crippen LogP contribution in [0, 0.1) is 5.41 Å². The highest BCUT2D eigenvalue weighted by Crippen LogP contribution is 2.26. The fourth-order valence-electron chi connectivity index (χ4n) is 2.43. The molecular weight excluding hydrogens is 266 g/mol. The normalized spacial score (nSPS) is 17.0. The van der Waals surface area contributed by atoms with Crippen LogP contribution >= 0.6 is 0 Å². The monoisotopic (exact) mass is 289 g/mol. The highest BCUT2D eigenvalue weighted by atomic mass is 16.2. The van der Waals surface area contributed by atoms with Crippen LogP contribution in [0.5, 0.6) is 0 Å². The third-order valence-electron chi connectivity index (χ3n) is 3.97. The molecule has 0 aromatic heterocycles. The second-order valence-electron chi connectivity index (χ2n) is 5.89. The molecule has 0 saturated carbocycles. The van der Waals surface area contributed by atoms with Crippen LogP contribution in [0.25, 0.3) is 0 Å². The summed E-state index contributed by atoms with van der Waals surface area (Å²) >= 11 is 0. The van der Waals surface area contributed by atoms with Gasteiger partial charge in [-0.15, -0.1) is 0 Å². The molecule has 1 aromatic carbocycles. The SMILES string of the molecule is CC1(CNC(=O)CNC(=O)c2ccccc2)CCNCC1. The molecule has 1 aliphatic heterocycles. The van der Waals surface area contributed by atoms with Crippen molar-refractivity contribution in [3.05, 3.63) is 35.9 Å². The van der Waals surface area contributed by atoms with E-state index in [0.717, 1.165) is 25.9 Å². The lowest BCUT2D eigenvalue weighted by molar-refractivity contribution is -0.120. The molecular formula is C16H23N3O2. The zero-order valence-corrected chi connectivity index (χ0v) is 12.4. The quantitative estimate of drug-likeness (QED) is 0.755. The molecule has 2 rings (SSSR count). The first-order valence-electron chi connectivity index (χ1n) is 7.40. The molecule has 2 amide bonds. The third kappa shape index (κ3) is 4.86. The molecule has 1 aromatic rings. The summed E-state index contributed by atoms with van der Waals surface area (Å²) in [6.45, 7) is 4.86. The van der Waals surface area contributed by atoms with Crippen LogP contribution in [0.15, 0.2) is 30.3 Å². The summed E-state index contributed by atoms with van der Waals surface area (Å²) in [5, 5.41) is 8.87. The lowest BCUT2D eigenvalue weighted by atomic mass is 9.81. The number of nitrogens with one attached hydrogen (secondary N) is 3. The molecule has 0 atom stereocenters. The molecule has 0 aliphatic carbocycles. The van der Waals surface area contributed by atoms with E-state index in [-0.39, 0.29) is 23.8 Å². The molecule has 0 spiro atoms. The topological polar surface area (TPSA) is 70.2 Å². The van der Waals surface area contributed by atoms with Gasteiger partial charge in [-0.2, -0.15) is 0 Å². The molecule has 21 heavy (non-hydrogen) atoms.